The van der Waals surface area contributed by atoms with Gasteiger partial charge in [-0.05, 0) is 55.6 Å². The van der Waals surface area contributed by atoms with Gasteiger partial charge in [0.2, 0.25) is 0 Å². The van der Waals surface area contributed by atoms with E-state index >= 15 is 0 Å². The fraction of sp³-hybridized carbons (Fsp3) is 0.611. The Balaban J connectivity index is 1.64. The molecule has 2 fully saturated rings. The zero-order valence-electron chi connectivity index (χ0n) is 14.1. The van der Waals surface area contributed by atoms with Gasteiger partial charge < -0.3 is 19.9 Å². The molecule has 3 rings (SSSR count). The van der Waals surface area contributed by atoms with Gasteiger partial charge in [0.25, 0.3) is 0 Å². The molecule has 0 unspecified atom stereocenters. The predicted molar refractivity (Wildman–Crippen MR) is 98.9 cm³/mol. The van der Waals surface area contributed by atoms with Gasteiger partial charge in [-0.1, -0.05) is 12.1 Å². The minimum absolute atomic E-state index is 0.315. The van der Waals surface area contributed by atoms with E-state index in [2.05, 4.69) is 53.5 Å². The lowest BCUT2D eigenvalue weighted by molar-refractivity contribution is 0.0897. The van der Waals surface area contributed by atoms with Gasteiger partial charge in [-0.15, -0.1) is 0 Å². The lowest BCUT2D eigenvalue weighted by Gasteiger charge is -2.28. The Morgan fingerprint density at radius 1 is 1.22 bits per heavy atom. The van der Waals surface area contributed by atoms with Crippen molar-refractivity contribution in [2.45, 2.75) is 44.4 Å². The molecule has 23 heavy (non-hydrogen) atoms. The molecule has 1 atom stereocenters. The van der Waals surface area contributed by atoms with Crippen LogP contribution in [0.25, 0.3) is 0 Å². The molecule has 0 spiro atoms. The summed E-state index contributed by atoms with van der Waals surface area (Å²) in [5.41, 5.74) is 2.51. The summed E-state index contributed by atoms with van der Waals surface area (Å²) in [7, 11) is 4.13. The van der Waals surface area contributed by atoms with Crippen LogP contribution in [0.5, 0.6) is 0 Å². The van der Waals surface area contributed by atoms with Gasteiger partial charge in [-0.2, -0.15) is 0 Å². The van der Waals surface area contributed by atoms with E-state index in [0.29, 0.717) is 12.1 Å². The molecule has 0 amide bonds. The first-order valence-corrected chi connectivity index (χ1v) is 8.96. The van der Waals surface area contributed by atoms with Gasteiger partial charge in [0, 0.05) is 45.5 Å². The third-order valence-corrected chi connectivity index (χ3v) is 4.84. The molecule has 126 valence electrons. The SMILES string of the molecule is CN(C)c1ccc(CN(C[C@@H]2CCCO2)C(=S)NC2CC2)cc1. The molecule has 0 aromatic heterocycles. The number of thiocarbonyl (C=S) groups is 1. The second kappa shape index (κ2) is 7.49. The fourth-order valence-corrected chi connectivity index (χ4v) is 3.17. The summed E-state index contributed by atoms with van der Waals surface area (Å²) >= 11 is 5.64. The van der Waals surface area contributed by atoms with Crippen molar-refractivity contribution >= 4 is 23.0 Å². The lowest BCUT2D eigenvalue weighted by Crippen LogP contribution is -2.43. The van der Waals surface area contributed by atoms with E-state index in [1.807, 2.05) is 0 Å². The standard InChI is InChI=1S/C18H27N3OS/c1-20(2)16-9-5-14(6-10-16)12-21(13-17-4-3-11-22-17)18(23)19-15-7-8-15/h5-6,9-10,15,17H,3-4,7-8,11-13H2,1-2H3,(H,19,23)/t17-/m0/s1. The molecule has 1 saturated heterocycles. The largest absolute Gasteiger partial charge is 0.378 e. The van der Waals surface area contributed by atoms with Crippen LogP contribution in [0.4, 0.5) is 5.69 Å². The molecule has 2 aliphatic rings. The summed E-state index contributed by atoms with van der Waals surface area (Å²) in [5.74, 6) is 0. The summed E-state index contributed by atoms with van der Waals surface area (Å²) in [4.78, 5) is 4.39. The minimum atomic E-state index is 0.315. The Kier molecular flexibility index (Phi) is 5.38. The summed E-state index contributed by atoms with van der Waals surface area (Å²) in [6.45, 7) is 2.61. The van der Waals surface area contributed by atoms with E-state index in [1.165, 1.54) is 30.5 Å². The van der Waals surface area contributed by atoms with Crippen molar-refractivity contribution in [3.8, 4) is 0 Å². The predicted octanol–water partition coefficient (Wildman–Crippen LogP) is 2.77. The zero-order chi connectivity index (χ0) is 16.2. The molecule has 1 saturated carbocycles. The molecular weight excluding hydrogens is 306 g/mol. The molecule has 1 N–H and O–H groups in total. The van der Waals surface area contributed by atoms with Crippen LogP contribution in [0.1, 0.15) is 31.2 Å². The molecule has 0 bridgehead atoms. The van der Waals surface area contributed by atoms with Crippen LogP contribution in [0.15, 0.2) is 24.3 Å². The zero-order valence-corrected chi connectivity index (χ0v) is 14.9. The summed E-state index contributed by atoms with van der Waals surface area (Å²) < 4.78 is 5.81. The van der Waals surface area contributed by atoms with E-state index < -0.39 is 0 Å². The third kappa shape index (κ3) is 4.82. The van der Waals surface area contributed by atoms with Gasteiger partial charge >= 0.3 is 0 Å². The maximum atomic E-state index is 5.81. The average molecular weight is 334 g/mol. The van der Waals surface area contributed by atoms with Crippen LogP contribution < -0.4 is 10.2 Å². The van der Waals surface area contributed by atoms with E-state index in [9.17, 15) is 0 Å². The number of hydrogen-bond acceptors (Lipinski definition) is 3. The molecule has 1 aromatic carbocycles. The lowest BCUT2D eigenvalue weighted by atomic mass is 10.1. The van der Waals surface area contributed by atoms with Crippen LogP contribution in [-0.2, 0) is 11.3 Å². The van der Waals surface area contributed by atoms with Gasteiger partial charge in [-0.3, -0.25) is 0 Å². The number of nitrogens with zero attached hydrogens (tertiary/aromatic N) is 2. The van der Waals surface area contributed by atoms with Crippen LogP contribution >= 0.6 is 12.2 Å². The smallest absolute Gasteiger partial charge is 0.169 e. The molecule has 4 nitrogen and oxygen atoms in total. The Bertz CT molecular complexity index is 522. The van der Waals surface area contributed by atoms with Gasteiger partial charge in [0.1, 0.15) is 0 Å². The molecule has 5 heteroatoms. The van der Waals surface area contributed by atoms with E-state index in [4.69, 9.17) is 17.0 Å². The van der Waals surface area contributed by atoms with Crippen molar-refractivity contribution in [1.29, 1.82) is 0 Å². The topological polar surface area (TPSA) is 27.7 Å². The second-order valence-corrected chi connectivity index (χ2v) is 7.19. The Hall–Kier alpha value is -1.33. The first-order chi connectivity index (χ1) is 11.1. The first-order valence-electron chi connectivity index (χ1n) is 8.55. The maximum absolute atomic E-state index is 5.81. The first kappa shape index (κ1) is 16.5. The van der Waals surface area contributed by atoms with Crippen molar-refractivity contribution in [2.75, 3.05) is 32.1 Å². The van der Waals surface area contributed by atoms with Crippen molar-refractivity contribution in [1.82, 2.24) is 10.2 Å². The van der Waals surface area contributed by atoms with Crippen LogP contribution in [-0.4, -0.2) is 49.4 Å². The highest BCUT2D eigenvalue weighted by atomic mass is 32.1. The molecule has 1 heterocycles. The summed E-state index contributed by atoms with van der Waals surface area (Å²) in [6, 6.07) is 9.30. The van der Waals surface area contributed by atoms with Gasteiger partial charge in [0.05, 0.1) is 6.10 Å². The van der Waals surface area contributed by atoms with E-state index in [-0.39, 0.29) is 0 Å². The number of anilines is 1. The van der Waals surface area contributed by atoms with Crippen LogP contribution in [0.2, 0.25) is 0 Å². The summed E-state index contributed by atoms with van der Waals surface area (Å²) in [6.07, 6.45) is 5.10. The second-order valence-electron chi connectivity index (χ2n) is 6.80. The van der Waals surface area contributed by atoms with Crippen LogP contribution in [0.3, 0.4) is 0 Å². The normalized spacial score (nSPS) is 20.3. The minimum Gasteiger partial charge on any atom is -0.378 e. The molecular formula is C18H27N3OS. The third-order valence-electron chi connectivity index (χ3n) is 4.47. The van der Waals surface area contributed by atoms with Crippen molar-refractivity contribution in [3.63, 3.8) is 0 Å². The highest BCUT2D eigenvalue weighted by molar-refractivity contribution is 7.80. The number of nitrogens with one attached hydrogen (secondary N) is 1. The monoisotopic (exact) mass is 333 g/mol. The number of hydrogen-bond donors (Lipinski definition) is 1. The van der Waals surface area contributed by atoms with Crippen molar-refractivity contribution in [3.05, 3.63) is 29.8 Å². The van der Waals surface area contributed by atoms with Gasteiger partial charge in [-0.25, -0.2) is 0 Å². The molecule has 1 aliphatic carbocycles. The van der Waals surface area contributed by atoms with Gasteiger partial charge in [0.15, 0.2) is 5.11 Å². The van der Waals surface area contributed by atoms with E-state index in [0.717, 1.165) is 31.2 Å². The Morgan fingerprint density at radius 2 is 1.96 bits per heavy atom. The molecule has 1 aromatic rings. The number of benzene rings is 1. The highest BCUT2D eigenvalue weighted by Gasteiger charge is 2.26. The maximum Gasteiger partial charge on any atom is 0.169 e. The molecule has 0 radical (unpaired) electrons. The Labute approximate surface area is 144 Å². The van der Waals surface area contributed by atoms with E-state index in [1.54, 1.807) is 0 Å². The Morgan fingerprint density at radius 3 is 2.52 bits per heavy atom. The van der Waals surface area contributed by atoms with Crippen molar-refractivity contribution < 1.29 is 4.74 Å². The fourth-order valence-electron chi connectivity index (χ4n) is 2.87. The average Bonchev–Trinajstić information content (AvgIpc) is 3.20. The summed E-state index contributed by atoms with van der Waals surface area (Å²) in [5, 5.41) is 4.35. The number of ether oxygens (including phenoxy) is 1. The molecule has 1 aliphatic heterocycles. The number of rotatable bonds is 6. The highest BCUT2D eigenvalue weighted by Crippen LogP contribution is 2.21. The van der Waals surface area contributed by atoms with Crippen LogP contribution in [0, 0.1) is 0 Å². The quantitative estimate of drug-likeness (QED) is 0.808. The van der Waals surface area contributed by atoms with Crippen molar-refractivity contribution in [2.24, 2.45) is 0 Å².